The van der Waals surface area contributed by atoms with E-state index >= 15 is 0 Å². The molecule has 7 nitrogen and oxygen atoms in total. The lowest BCUT2D eigenvalue weighted by Gasteiger charge is -2.35. The third kappa shape index (κ3) is 4.51. The Hall–Kier alpha value is -1.22. The van der Waals surface area contributed by atoms with Crippen LogP contribution in [0.25, 0.3) is 0 Å². The number of benzene rings is 1. The highest BCUT2D eigenvalue weighted by atomic mass is 16.9. The highest BCUT2D eigenvalue weighted by Crippen LogP contribution is 2.48. The molecule has 6 rings (SSSR count). The fourth-order valence-electron chi connectivity index (χ4n) is 6.30. The summed E-state index contributed by atoms with van der Waals surface area (Å²) in [7, 11) is 0. The van der Waals surface area contributed by atoms with E-state index in [-0.39, 0.29) is 24.4 Å². The van der Waals surface area contributed by atoms with E-state index in [0.29, 0.717) is 19.8 Å². The van der Waals surface area contributed by atoms with E-state index in [1.54, 1.807) is 0 Å². The summed E-state index contributed by atoms with van der Waals surface area (Å²) in [6.45, 7) is 3.64. The van der Waals surface area contributed by atoms with Crippen molar-refractivity contribution in [1.29, 1.82) is 0 Å². The van der Waals surface area contributed by atoms with E-state index in [9.17, 15) is 0 Å². The summed E-state index contributed by atoms with van der Waals surface area (Å²) in [6.07, 6.45) is 9.40. The van der Waals surface area contributed by atoms with Crippen LogP contribution in [-0.2, 0) is 35.0 Å². The van der Waals surface area contributed by atoms with Gasteiger partial charge in [0.15, 0.2) is 17.9 Å². The molecule has 2 spiro atoms. The van der Waals surface area contributed by atoms with Gasteiger partial charge >= 0.3 is 0 Å². The van der Waals surface area contributed by atoms with E-state index in [0.717, 1.165) is 62.7 Å². The third-order valence-electron chi connectivity index (χ3n) is 8.04. The van der Waals surface area contributed by atoms with E-state index in [1.807, 2.05) is 31.2 Å². The van der Waals surface area contributed by atoms with Crippen LogP contribution in [0.5, 0.6) is 5.75 Å². The quantitative estimate of drug-likeness (QED) is 0.584. The number of rotatable bonds is 6. The van der Waals surface area contributed by atoms with Crippen molar-refractivity contribution in [3.05, 3.63) is 29.8 Å². The lowest BCUT2D eigenvalue weighted by molar-refractivity contribution is -0.263. The van der Waals surface area contributed by atoms with Gasteiger partial charge in [-0.25, -0.2) is 0 Å². The van der Waals surface area contributed by atoms with Gasteiger partial charge in [0.2, 0.25) is 0 Å². The van der Waals surface area contributed by atoms with Gasteiger partial charge in [-0.2, -0.15) is 0 Å². The molecule has 0 radical (unpaired) electrons. The molecule has 1 aromatic carbocycles. The summed E-state index contributed by atoms with van der Waals surface area (Å²) in [5.41, 5.74) is 1.09. The van der Waals surface area contributed by atoms with Crippen LogP contribution in [0.3, 0.4) is 0 Å². The van der Waals surface area contributed by atoms with Crippen LogP contribution in [0.15, 0.2) is 24.3 Å². The van der Waals surface area contributed by atoms with Gasteiger partial charge in [-0.1, -0.05) is 25.0 Å². The second-order valence-corrected chi connectivity index (χ2v) is 10.4. The Morgan fingerprint density at radius 1 is 0.824 bits per heavy atom. The molecule has 0 unspecified atom stereocenters. The van der Waals surface area contributed by atoms with Crippen molar-refractivity contribution in [3.63, 3.8) is 0 Å². The smallest absolute Gasteiger partial charge is 0.190 e. The van der Waals surface area contributed by atoms with E-state index in [1.165, 1.54) is 12.8 Å². The molecule has 34 heavy (non-hydrogen) atoms. The van der Waals surface area contributed by atoms with E-state index in [4.69, 9.17) is 33.2 Å². The highest BCUT2D eigenvalue weighted by molar-refractivity contribution is 5.26. The minimum atomic E-state index is -0.517. The number of ether oxygens (including phenoxy) is 7. The first-order chi connectivity index (χ1) is 16.7. The Morgan fingerprint density at radius 3 is 2.24 bits per heavy atom. The van der Waals surface area contributed by atoms with Crippen LogP contribution in [-0.4, -0.2) is 55.5 Å². The Labute approximate surface area is 202 Å². The fraction of sp³-hybridized carbons (Fsp3) is 0.778. The number of fused-ring (bicyclic) bond motifs is 1. The number of hydrogen-bond donors (Lipinski definition) is 0. The minimum absolute atomic E-state index is 0.177. The van der Waals surface area contributed by atoms with Gasteiger partial charge in [0.1, 0.15) is 30.2 Å². The predicted octanol–water partition coefficient (Wildman–Crippen LogP) is 4.85. The SMILES string of the molecule is CCOc1ccc(CO[C@@H]2[C@H]3OC4(CCCCC4)O[C@H]3O[C@@H]2[C@H]2COC3(CCCCC3)O2)cc1. The van der Waals surface area contributed by atoms with Crippen molar-refractivity contribution < 1.29 is 33.2 Å². The Kier molecular flexibility index (Phi) is 6.60. The molecule has 0 N–H and O–H groups in total. The van der Waals surface area contributed by atoms with Gasteiger partial charge in [-0.3, -0.25) is 0 Å². The standard InChI is InChI=1S/C27H38O7/c1-2-28-20-11-9-19(10-12-20)17-29-23-22(21-18-30-26(32-21)13-5-3-6-14-26)31-25-24(23)33-27(34-25)15-7-4-8-16-27/h9-12,21-25H,2-8,13-18H2,1H3/t21-,22-,23+,24-,25-/m1/s1. The monoisotopic (exact) mass is 474 g/mol. The minimum Gasteiger partial charge on any atom is -0.494 e. The first-order valence-electron chi connectivity index (χ1n) is 13.3. The summed E-state index contributed by atoms with van der Waals surface area (Å²) in [5.74, 6) is -0.0956. The molecule has 3 aliphatic heterocycles. The summed E-state index contributed by atoms with van der Waals surface area (Å²) in [4.78, 5) is 0. The second kappa shape index (κ2) is 9.68. The largest absolute Gasteiger partial charge is 0.494 e. The van der Waals surface area contributed by atoms with E-state index < -0.39 is 17.9 Å². The fourth-order valence-corrected chi connectivity index (χ4v) is 6.30. The zero-order chi connectivity index (χ0) is 23.0. The van der Waals surface area contributed by atoms with Crippen LogP contribution >= 0.6 is 0 Å². The zero-order valence-electron chi connectivity index (χ0n) is 20.2. The molecule has 0 bridgehead atoms. The van der Waals surface area contributed by atoms with Gasteiger partial charge in [-0.05, 0) is 50.3 Å². The summed E-state index contributed by atoms with van der Waals surface area (Å²) >= 11 is 0. The van der Waals surface area contributed by atoms with Crippen molar-refractivity contribution in [3.8, 4) is 5.75 Å². The third-order valence-corrected chi connectivity index (χ3v) is 8.04. The van der Waals surface area contributed by atoms with Crippen molar-refractivity contribution in [2.75, 3.05) is 13.2 Å². The maximum Gasteiger partial charge on any atom is 0.190 e. The molecule has 2 saturated carbocycles. The van der Waals surface area contributed by atoms with Crippen molar-refractivity contribution >= 4 is 0 Å². The highest BCUT2D eigenvalue weighted by Gasteiger charge is 2.61. The van der Waals surface area contributed by atoms with Crippen molar-refractivity contribution in [2.24, 2.45) is 0 Å². The Bertz CT molecular complexity index is 815. The Morgan fingerprint density at radius 2 is 1.53 bits per heavy atom. The molecule has 188 valence electrons. The summed E-state index contributed by atoms with van der Waals surface area (Å²) in [5, 5.41) is 0. The van der Waals surface area contributed by atoms with Crippen molar-refractivity contribution in [1.82, 2.24) is 0 Å². The molecule has 5 aliphatic rings. The van der Waals surface area contributed by atoms with Crippen LogP contribution in [0.1, 0.15) is 76.7 Å². The average Bonchev–Trinajstić information content (AvgIpc) is 3.51. The molecule has 5 fully saturated rings. The average molecular weight is 475 g/mol. The van der Waals surface area contributed by atoms with Gasteiger partial charge in [0, 0.05) is 25.7 Å². The van der Waals surface area contributed by atoms with Gasteiger partial charge in [0.25, 0.3) is 0 Å². The molecule has 7 heteroatoms. The van der Waals surface area contributed by atoms with Crippen LogP contribution in [0.4, 0.5) is 0 Å². The molecule has 3 heterocycles. The first-order valence-corrected chi connectivity index (χ1v) is 13.3. The maximum atomic E-state index is 6.60. The zero-order valence-corrected chi connectivity index (χ0v) is 20.2. The molecular formula is C27H38O7. The van der Waals surface area contributed by atoms with Gasteiger partial charge in [0.05, 0.1) is 19.8 Å². The predicted molar refractivity (Wildman–Crippen MR) is 123 cm³/mol. The van der Waals surface area contributed by atoms with Gasteiger partial charge in [-0.15, -0.1) is 0 Å². The van der Waals surface area contributed by atoms with Crippen LogP contribution in [0.2, 0.25) is 0 Å². The Balaban J connectivity index is 1.17. The molecule has 3 saturated heterocycles. The molecular weight excluding hydrogens is 436 g/mol. The summed E-state index contributed by atoms with van der Waals surface area (Å²) < 4.78 is 44.4. The van der Waals surface area contributed by atoms with Crippen molar-refractivity contribution in [2.45, 2.75) is 120 Å². The summed E-state index contributed by atoms with van der Waals surface area (Å²) in [6, 6.07) is 8.07. The van der Waals surface area contributed by atoms with Crippen LogP contribution < -0.4 is 4.74 Å². The molecule has 1 aromatic rings. The topological polar surface area (TPSA) is 64.6 Å². The molecule has 5 atom stereocenters. The van der Waals surface area contributed by atoms with E-state index in [2.05, 4.69) is 0 Å². The van der Waals surface area contributed by atoms with Gasteiger partial charge < -0.3 is 33.2 Å². The first kappa shape index (κ1) is 23.2. The lowest BCUT2D eigenvalue weighted by Crippen LogP contribution is -2.45. The normalized spacial score (nSPS) is 36.2. The second-order valence-electron chi connectivity index (χ2n) is 10.4. The molecule has 0 aromatic heterocycles. The maximum absolute atomic E-state index is 6.60. The molecule has 0 amide bonds. The number of hydrogen-bond acceptors (Lipinski definition) is 7. The van der Waals surface area contributed by atoms with Crippen LogP contribution in [0, 0.1) is 0 Å². The lowest BCUT2D eigenvalue weighted by atomic mass is 9.94. The molecule has 2 aliphatic carbocycles.